The Kier molecular flexibility index (Phi) is 5.40. The van der Waals surface area contributed by atoms with Crippen LogP contribution >= 0.6 is 0 Å². The maximum absolute atomic E-state index is 12.6. The molecule has 0 aliphatic heterocycles. The van der Waals surface area contributed by atoms with Gasteiger partial charge in [-0.1, -0.05) is 6.07 Å². The monoisotopic (exact) mass is 351 g/mol. The second kappa shape index (κ2) is 7.14. The van der Waals surface area contributed by atoms with E-state index < -0.39 is 22.0 Å². The van der Waals surface area contributed by atoms with Gasteiger partial charge >= 0.3 is 5.97 Å². The van der Waals surface area contributed by atoms with Crippen molar-refractivity contribution >= 4 is 16.0 Å². The first kappa shape index (κ1) is 18.2. The van der Waals surface area contributed by atoms with Crippen LogP contribution in [0.4, 0.5) is 0 Å². The molecule has 0 saturated carbocycles. The largest absolute Gasteiger partial charge is 0.462 e. The van der Waals surface area contributed by atoms with Crippen molar-refractivity contribution < 1.29 is 17.9 Å². The number of carbonyl (C=O) groups is 1. The van der Waals surface area contributed by atoms with Gasteiger partial charge in [-0.05, 0) is 39.0 Å². The lowest BCUT2D eigenvalue weighted by Gasteiger charge is -2.14. The number of nitrogens with zero attached hydrogens (tertiary/aromatic N) is 2. The number of rotatable bonds is 6. The minimum absolute atomic E-state index is 0.0152. The third kappa shape index (κ3) is 3.82. The summed E-state index contributed by atoms with van der Waals surface area (Å²) in [5.74, 6) is -0.550. The maximum Gasteiger partial charge on any atom is 0.338 e. The smallest absolute Gasteiger partial charge is 0.338 e. The lowest BCUT2D eigenvalue weighted by atomic mass is 10.1. The molecule has 130 valence electrons. The van der Waals surface area contributed by atoms with Crippen LogP contribution in [0.3, 0.4) is 0 Å². The van der Waals surface area contributed by atoms with Crippen LogP contribution in [-0.2, 0) is 21.8 Å². The van der Waals surface area contributed by atoms with Gasteiger partial charge < -0.3 is 4.74 Å². The third-order valence-electron chi connectivity index (χ3n) is 3.73. The molecular formula is C16H21N3O4S. The minimum atomic E-state index is -3.78. The second-order valence-corrected chi connectivity index (χ2v) is 7.11. The summed E-state index contributed by atoms with van der Waals surface area (Å²) in [5, 5.41) is 4.12. The molecule has 0 spiro atoms. The molecule has 0 saturated heterocycles. The van der Waals surface area contributed by atoms with Crippen molar-refractivity contribution in [2.75, 3.05) is 6.61 Å². The predicted octanol–water partition coefficient (Wildman–Crippen LogP) is 1.94. The normalized spacial score (nSPS) is 12.8. The van der Waals surface area contributed by atoms with Crippen LogP contribution in [0.2, 0.25) is 0 Å². The molecule has 24 heavy (non-hydrogen) atoms. The number of aromatic nitrogens is 2. The fourth-order valence-electron chi connectivity index (χ4n) is 2.31. The molecule has 2 rings (SSSR count). The molecule has 1 unspecified atom stereocenters. The quantitative estimate of drug-likeness (QED) is 0.803. The Hall–Kier alpha value is -2.19. The average Bonchev–Trinajstić information content (AvgIpc) is 2.87. The van der Waals surface area contributed by atoms with Crippen molar-refractivity contribution in [3.8, 4) is 0 Å². The summed E-state index contributed by atoms with van der Waals surface area (Å²) in [4.78, 5) is 11.8. The van der Waals surface area contributed by atoms with Gasteiger partial charge in [0.2, 0.25) is 10.0 Å². The van der Waals surface area contributed by atoms with Gasteiger partial charge in [0, 0.05) is 24.3 Å². The van der Waals surface area contributed by atoms with Crippen LogP contribution in [0.5, 0.6) is 0 Å². The fraction of sp³-hybridized carbons (Fsp3) is 0.375. The predicted molar refractivity (Wildman–Crippen MR) is 89.1 cm³/mol. The average molecular weight is 351 g/mol. The van der Waals surface area contributed by atoms with Gasteiger partial charge in [0.15, 0.2) is 0 Å². The Morgan fingerprint density at radius 3 is 2.71 bits per heavy atom. The number of esters is 1. The van der Waals surface area contributed by atoms with Crippen molar-refractivity contribution in [2.24, 2.45) is 7.05 Å². The zero-order valence-corrected chi connectivity index (χ0v) is 14.9. The number of nitrogens with one attached hydrogen (secondary N) is 1. The molecule has 1 heterocycles. The first-order valence-corrected chi connectivity index (χ1v) is 9.02. The number of ether oxygens (including phenoxy) is 1. The molecule has 1 N–H and O–H groups in total. The van der Waals surface area contributed by atoms with Crippen LogP contribution in [0.1, 0.15) is 41.5 Å². The number of sulfonamides is 1. The highest BCUT2D eigenvalue weighted by molar-refractivity contribution is 7.89. The summed E-state index contributed by atoms with van der Waals surface area (Å²) < 4.78 is 34.3. The summed E-state index contributed by atoms with van der Waals surface area (Å²) in [5.41, 5.74) is 1.87. The minimum Gasteiger partial charge on any atom is -0.462 e. The van der Waals surface area contributed by atoms with Crippen LogP contribution < -0.4 is 4.72 Å². The number of carbonyl (C=O) groups excluding carboxylic acids is 1. The van der Waals surface area contributed by atoms with E-state index in [1.807, 2.05) is 6.92 Å². The number of aryl methyl sites for hydroxylation is 1. The molecule has 7 nitrogen and oxygen atoms in total. The molecule has 1 aromatic heterocycles. The van der Waals surface area contributed by atoms with E-state index in [1.165, 1.54) is 24.3 Å². The van der Waals surface area contributed by atoms with Crippen LogP contribution in [0.25, 0.3) is 0 Å². The third-order valence-corrected chi connectivity index (χ3v) is 5.27. The standard InChI is InChI=1S/C16H21N3O4S/c1-5-23-16(20)13-7-6-8-14(9-13)24(21,22)18-11(2)15-10-17-19(4)12(15)3/h6-11,18H,5H2,1-4H3. The number of benzene rings is 1. The van der Waals surface area contributed by atoms with Gasteiger partial charge in [0.25, 0.3) is 0 Å². The van der Waals surface area contributed by atoms with E-state index in [9.17, 15) is 13.2 Å². The first-order valence-electron chi connectivity index (χ1n) is 7.54. The molecule has 0 aliphatic rings. The lowest BCUT2D eigenvalue weighted by Crippen LogP contribution is -2.27. The van der Waals surface area contributed by atoms with Gasteiger partial charge in [-0.2, -0.15) is 5.10 Å². The van der Waals surface area contributed by atoms with Crippen molar-refractivity contribution in [3.63, 3.8) is 0 Å². The summed E-state index contributed by atoms with van der Waals surface area (Å²) in [6.07, 6.45) is 1.64. The molecule has 0 bridgehead atoms. The molecule has 0 radical (unpaired) electrons. The van der Waals surface area contributed by atoms with E-state index >= 15 is 0 Å². The Labute approximate surface area is 141 Å². The second-order valence-electron chi connectivity index (χ2n) is 5.40. The maximum atomic E-state index is 12.6. The Morgan fingerprint density at radius 1 is 1.42 bits per heavy atom. The highest BCUT2D eigenvalue weighted by Gasteiger charge is 2.22. The molecule has 1 atom stereocenters. The van der Waals surface area contributed by atoms with Crippen molar-refractivity contribution in [2.45, 2.75) is 31.7 Å². The van der Waals surface area contributed by atoms with Gasteiger partial charge in [-0.3, -0.25) is 4.68 Å². The lowest BCUT2D eigenvalue weighted by molar-refractivity contribution is 0.0526. The number of hydrogen-bond acceptors (Lipinski definition) is 5. The van der Waals surface area contributed by atoms with Gasteiger partial charge in [0.1, 0.15) is 0 Å². The van der Waals surface area contributed by atoms with E-state index in [1.54, 1.807) is 31.8 Å². The summed E-state index contributed by atoms with van der Waals surface area (Å²) in [6.45, 7) is 5.54. The molecule has 8 heteroatoms. The zero-order valence-electron chi connectivity index (χ0n) is 14.1. The van der Waals surface area contributed by atoms with Crippen LogP contribution in [0, 0.1) is 6.92 Å². The SMILES string of the molecule is CCOC(=O)c1cccc(S(=O)(=O)NC(C)c2cnn(C)c2C)c1. The van der Waals surface area contributed by atoms with E-state index in [4.69, 9.17) is 4.74 Å². The molecule has 0 aliphatic carbocycles. The van der Waals surface area contributed by atoms with E-state index in [0.29, 0.717) is 0 Å². The zero-order chi connectivity index (χ0) is 17.9. The fourth-order valence-corrected chi connectivity index (χ4v) is 3.58. The Bertz CT molecular complexity index is 843. The molecule has 2 aromatic rings. The first-order chi connectivity index (χ1) is 11.3. The van der Waals surface area contributed by atoms with E-state index in [2.05, 4.69) is 9.82 Å². The Morgan fingerprint density at radius 2 is 2.12 bits per heavy atom. The topological polar surface area (TPSA) is 90.3 Å². The van der Waals surface area contributed by atoms with Crippen molar-refractivity contribution in [1.29, 1.82) is 0 Å². The summed E-state index contributed by atoms with van der Waals surface area (Å²) in [7, 11) is -1.99. The van der Waals surface area contributed by atoms with Crippen LogP contribution in [0.15, 0.2) is 35.4 Å². The van der Waals surface area contributed by atoms with E-state index in [0.717, 1.165) is 11.3 Å². The summed E-state index contributed by atoms with van der Waals surface area (Å²) >= 11 is 0. The van der Waals surface area contributed by atoms with Crippen molar-refractivity contribution in [1.82, 2.24) is 14.5 Å². The highest BCUT2D eigenvalue weighted by atomic mass is 32.2. The van der Waals surface area contributed by atoms with Gasteiger partial charge in [-0.25, -0.2) is 17.9 Å². The highest BCUT2D eigenvalue weighted by Crippen LogP contribution is 2.20. The van der Waals surface area contributed by atoms with Gasteiger partial charge in [-0.15, -0.1) is 0 Å². The molecule has 1 aromatic carbocycles. The number of hydrogen-bond donors (Lipinski definition) is 1. The van der Waals surface area contributed by atoms with Gasteiger partial charge in [0.05, 0.1) is 23.3 Å². The molecule has 0 fully saturated rings. The van der Waals surface area contributed by atoms with Crippen molar-refractivity contribution in [3.05, 3.63) is 47.3 Å². The van der Waals surface area contributed by atoms with Crippen LogP contribution in [-0.4, -0.2) is 30.8 Å². The summed E-state index contributed by atoms with van der Waals surface area (Å²) in [6, 6.07) is 5.33. The molecular weight excluding hydrogens is 330 g/mol. The van der Waals surface area contributed by atoms with E-state index in [-0.39, 0.29) is 17.1 Å². The Balaban J connectivity index is 2.26. The molecule has 0 amide bonds.